The molecular formula is C23H40N2. The Morgan fingerprint density at radius 1 is 0.840 bits per heavy atom. The lowest BCUT2D eigenvalue weighted by Gasteiger charge is -2.36. The summed E-state index contributed by atoms with van der Waals surface area (Å²) in [6, 6.07) is 9.35. The highest BCUT2D eigenvalue weighted by Crippen LogP contribution is 2.34. The Bertz CT molecular complexity index is 511. The summed E-state index contributed by atoms with van der Waals surface area (Å²) in [4.78, 5) is 5.24. The van der Waals surface area contributed by atoms with Crippen molar-refractivity contribution in [1.29, 1.82) is 0 Å². The summed E-state index contributed by atoms with van der Waals surface area (Å²) in [6.45, 7) is 23.5. The number of piperazine rings is 1. The molecule has 1 aliphatic rings. The summed E-state index contributed by atoms with van der Waals surface area (Å²) in [6.07, 6.45) is 1.29. The molecular weight excluding hydrogens is 304 g/mol. The summed E-state index contributed by atoms with van der Waals surface area (Å²) in [5.41, 5.74) is 3.68. The maximum Gasteiger partial charge on any atom is 0.0234 e. The van der Waals surface area contributed by atoms with Gasteiger partial charge in [0.15, 0.2) is 0 Å². The first-order valence-electron chi connectivity index (χ1n) is 10.1. The molecule has 0 radical (unpaired) electrons. The lowest BCUT2D eigenvalue weighted by atomic mass is 9.78. The SMILES string of the molecule is CC(c1ccc(CN2CCN(CCC(C)(C)C)CC2)cc1)C(C)(C)C. The number of hydrogen-bond donors (Lipinski definition) is 0. The zero-order valence-corrected chi connectivity index (χ0v) is 17.7. The van der Waals surface area contributed by atoms with E-state index in [0.29, 0.717) is 16.7 Å². The summed E-state index contributed by atoms with van der Waals surface area (Å²) >= 11 is 0. The molecule has 1 fully saturated rings. The molecule has 0 N–H and O–H groups in total. The van der Waals surface area contributed by atoms with Crippen molar-refractivity contribution in [1.82, 2.24) is 9.80 Å². The molecule has 0 saturated carbocycles. The number of hydrogen-bond acceptors (Lipinski definition) is 2. The van der Waals surface area contributed by atoms with Crippen molar-refractivity contribution < 1.29 is 0 Å². The second-order valence-corrected chi connectivity index (χ2v) is 10.3. The van der Waals surface area contributed by atoms with E-state index < -0.39 is 0 Å². The van der Waals surface area contributed by atoms with Crippen LogP contribution in [-0.4, -0.2) is 42.5 Å². The van der Waals surface area contributed by atoms with E-state index in [1.807, 2.05) is 0 Å². The van der Waals surface area contributed by atoms with Gasteiger partial charge in [0.2, 0.25) is 0 Å². The Hall–Kier alpha value is -0.860. The largest absolute Gasteiger partial charge is 0.301 e. The lowest BCUT2D eigenvalue weighted by Crippen LogP contribution is -2.46. The molecule has 2 nitrogen and oxygen atoms in total. The number of benzene rings is 1. The monoisotopic (exact) mass is 344 g/mol. The molecule has 1 aliphatic heterocycles. The van der Waals surface area contributed by atoms with Crippen LogP contribution in [0.5, 0.6) is 0 Å². The van der Waals surface area contributed by atoms with E-state index in [1.54, 1.807) is 0 Å². The molecule has 1 heterocycles. The van der Waals surface area contributed by atoms with Crippen LogP contribution in [0.3, 0.4) is 0 Å². The van der Waals surface area contributed by atoms with E-state index in [9.17, 15) is 0 Å². The van der Waals surface area contributed by atoms with Crippen molar-refractivity contribution in [3.05, 3.63) is 35.4 Å². The standard InChI is InChI=1S/C23H40N2/c1-19(23(5,6)7)21-10-8-20(9-11-21)18-25-16-14-24(15-17-25)13-12-22(2,3)4/h8-11,19H,12-18H2,1-7H3. The third-order valence-corrected chi connectivity index (χ3v) is 5.83. The lowest BCUT2D eigenvalue weighted by molar-refractivity contribution is 0.116. The molecule has 0 spiro atoms. The van der Waals surface area contributed by atoms with Crippen LogP contribution in [-0.2, 0) is 6.54 Å². The zero-order valence-electron chi connectivity index (χ0n) is 17.7. The van der Waals surface area contributed by atoms with Crippen LogP contribution in [0.4, 0.5) is 0 Å². The third-order valence-electron chi connectivity index (χ3n) is 5.83. The van der Waals surface area contributed by atoms with E-state index in [1.165, 1.54) is 50.3 Å². The van der Waals surface area contributed by atoms with Gasteiger partial charge in [-0.25, -0.2) is 0 Å². The minimum Gasteiger partial charge on any atom is -0.301 e. The fourth-order valence-electron chi connectivity index (χ4n) is 3.33. The van der Waals surface area contributed by atoms with Gasteiger partial charge >= 0.3 is 0 Å². The molecule has 25 heavy (non-hydrogen) atoms. The second kappa shape index (κ2) is 8.22. The fraction of sp³-hybridized carbons (Fsp3) is 0.739. The van der Waals surface area contributed by atoms with E-state index >= 15 is 0 Å². The summed E-state index contributed by atoms with van der Waals surface area (Å²) in [7, 11) is 0. The van der Waals surface area contributed by atoms with Gasteiger partial charge in [0.25, 0.3) is 0 Å². The average molecular weight is 345 g/mol. The molecule has 1 aromatic rings. The van der Waals surface area contributed by atoms with Gasteiger partial charge in [-0.1, -0.05) is 72.7 Å². The third kappa shape index (κ3) is 6.75. The average Bonchev–Trinajstić information content (AvgIpc) is 2.53. The van der Waals surface area contributed by atoms with E-state index in [0.717, 1.165) is 6.54 Å². The Balaban J connectivity index is 1.80. The minimum absolute atomic E-state index is 0.324. The Labute approximate surface area is 156 Å². The van der Waals surface area contributed by atoms with Crippen molar-refractivity contribution in [2.45, 2.75) is 67.3 Å². The minimum atomic E-state index is 0.324. The van der Waals surface area contributed by atoms with Crippen LogP contribution >= 0.6 is 0 Å². The first-order valence-corrected chi connectivity index (χ1v) is 10.1. The van der Waals surface area contributed by atoms with Crippen LogP contribution in [0.2, 0.25) is 0 Å². The quantitative estimate of drug-likeness (QED) is 0.706. The summed E-state index contributed by atoms with van der Waals surface area (Å²) < 4.78 is 0. The molecule has 1 atom stereocenters. The van der Waals surface area contributed by atoms with Crippen LogP contribution in [0.25, 0.3) is 0 Å². The molecule has 0 aromatic heterocycles. The van der Waals surface area contributed by atoms with E-state index in [2.05, 4.69) is 82.5 Å². The van der Waals surface area contributed by atoms with Gasteiger partial charge in [0.1, 0.15) is 0 Å². The summed E-state index contributed by atoms with van der Waals surface area (Å²) in [5, 5.41) is 0. The van der Waals surface area contributed by atoms with Crippen LogP contribution in [0.1, 0.15) is 71.9 Å². The molecule has 1 saturated heterocycles. The predicted octanol–water partition coefficient (Wildman–Crippen LogP) is 5.39. The number of nitrogens with zero attached hydrogens (tertiary/aromatic N) is 2. The van der Waals surface area contributed by atoms with Crippen LogP contribution in [0.15, 0.2) is 24.3 Å². The van der Waals surface area contributed by atoms with Crippen molar-refractivity contribution in [2.24, 2.45) is 10.8 Å². The van der Waals surface area contributed by atoms with E-state index in [-0.39, 0.29) is 0 Å². The van der Waals surface area contributed by atoms with Gasteiger partial charge in [-0.2, -0.15) is 0 Å². The predicted molar refractivity (Wildman–Crippen MR) is 110 cm³/mol. The molecule has 0 aliphatic carbocycles. The molecule has 0 bridgehead atoms. The fourth-order valence-corrected chi connectivity index (χ4v) is 3.33. The molecule has 1 aromatic carbocycles. The highest BCUT2D eigenvalue weighted by molar-refractivity contribution is 5.26. The van der Waals surface area contributed by atoms with Gasteiger partial charge in [0, 0.05) is 32.7 Å². The zero-order chi connectivity index (χ0) is 18.7. The first kappa shape index (κ1) is 20.5. The van der Waals surface area contributed by atoms with Crippen molar-refractivity contribution >= 4 is 0 Å². The Morgan fingerprint density at radius 3 is 1.84 bits per heavy atom. The molecule has 2 heteroatoms. The van der Waals surface area contributed by atoms with Crippen LogP contribution < -0.4 is 0 Å². The normalized spacial score (nSPS) is 19.2. The molecule has 142 valence electrons. The highest BCUT2D eigenvalue weighted by atomic mass is 15.3. The Morgan fingerprint density at radius 2 is 1.36 bits per heavy atom. The van der Waals surface area contributed by atoms with Crippen molar-refractivity contribution in [3.63, 3.8) is 0 Å². The summed E-state index contributed by atoms with van der Waals surface area (Å²) in [5.74, 6) is 0.591. The van der Waals surface area contributed by atoms with Gasteiger partial charge in [-0.3, -0.25) is 4.90 Å². The number of rotatable bonds is 5. The first-order chi connectivity index (χ1) is 11.5. The maximum atomic E-state index is 2.63. The van der Waals surface area contributed by atoms with Crippen molar-refractivity contribution in [3.8, 4) is 0 Å². The van der Waals surface area contributed by atoms with Gasteiger partial charge in [-0.15, -0.1) is 0 Å². The van der Waals surface area contributed by atoms with Gasteiger partial charge in [-0.05, 0) is 40.8 Å². The molecule has 1 unspecified atom stereocenters. The maximum absolute atomic E-state index is 2.63. The van der Waals surface area contributed by atoms with Crippen molar-refractivity contribution in [2.75, 3.05) is 32.7 Å². The van der Waals surface area contributed by atoms with Crippen LogP contribution in [0, 0.1) is 10.8 Å². The Kier molecular flexibility index (Phi) is 6.73. The van der Waals surface area contributed by atoms with Gasteiger partial charge < -0.3 is 4.90 Å². The second-order valence-electron chi connectivity index (χ2n) is 10.3. The van der Waals surface area contributed by atoms with E-state index in [4.69, 9.17) is 0 Å². The molecule has 0 amide bonds. The highest BCUT2D eigenvalue weighted by Gasteiger charge is 2.22. The molecule has 2 rings (SSSR count). The smallest absolute Gasteiger partial charge is 0.0234 e. The topological polar surface area (TPSA) is 6.48 Å². The van der Waals surface area contributed by atoms with Gasteiger partial charge in [0.05, 0.1) is 0 Å².